The van der Waals surface area contributed by atoms with E-state index in [-0.39, 0.29) is 12.5 Å². The molecule has 18 heavy (non-hydrogen) atoms. The van der Waals surface area contributed by atoms with Gasteiger partial charge in [-0.2, -0.15) is 0 Å². The largest absolute Gasteiger partial charge is 0.391 e. The SMILES string of the molecule is O=C(NCC(O)Cc1ccccc1)c1cccs1. The van der Waals surface area contributed by atoms with Gasteiger partial charge in [-0.1, -0.05) is 36.4 Å². The van der Waals surface area contributed by atoms with E-state index in [4.69, 9.17) is 0 Å². The van der Waals surface area contributed by atoms with Crippen molar-refractivity contribution < 1.29 is 9.90 Å². The Balaban J connectivity index is 1.78. The molecule has 0 fully saturated rings. The first-order valence-corrected chi connectivity index (χ1v) is 6.67. The van der Waals surface area contributed by atoms with Gasteiger partial charge in [-0.05, 0) is 17.0 Å². The van der Waals surface area contributed by atoms with Crippen LogP contribution in [0.2, 0.25) is 0 Å². The first-order chi connectivity index (χ1) is 8.75. The van der Waals surface area contributed by atoms with E-state index in [2.05, 4.69) is 5.32 Å². The molecule has 1 unspecified atom stereocenters. The van der Waals surface area contributed by atoms with Gasteiger partial charge < -0.3 is 10.4 Å². The average Bonchev–Trinajstić information content (AvgIpc) is 2.91. The minimum atomic E-state index is -0.559. The lowest BCUT2D eigenvalue weighted by atomic mass is 10.1. The predicted molar refractivity (Wildman–Crippen MR) is 72.8 cm³/mol. The van der Waals surface area contributed by atoms with Crippen LogP contribution >= 0.6 is 11.3 Å². The fourth-order valence-corrected chi connectivity index (χ4v) is 2.30. The van der Waals surface area contributed by atoms with Crippen molar-refractivity contribution in [2.45, 2.75) is 12.5 Å². The topological polar surface area (TPSA) is 49.3 Å². The van der Waals surface area contributed by atoms with E-state index in [0.717, 1.165) is 5.56 Å². The van der Waals surface area contributed by atoms with Crippen molar-refractivity contribution in [3.8, 4) is 0 Å². The second kappa shape index (κ2) is 6.33. The Morgan fingerprint density at radius 1 is 1.22 bits per heavy atom. The maximum atomic E-state index is 11.7. The van der Waals surface area contributed by atoms with Crippen LogP contribution in [0.4, 0.5) is 0 Å². The van der Waals surface area contributed by atoms with Crippen molar-refractivity contribution >= 4 is 17.2 Å². The fraction of sp³-hybridized carbons (Fsp3) is 0.214. The lowest BCUT2D eigenvalue weighted by molar-refractivity contribution is 0.0920. The van der Waals surface area contributed by atoms with Gasteiger partial charge in [0, 0.05) is 13.0 Å². The number of rotatable bonds is 5. The molecule has 1 amide bonds. The lowest BCUT2D eigenvalue weighted by Crippen LogP contribution is -2.32. The predicted octanol–water partition coefficient (Wildman–Crippen LogP) is 2.08. The third kappa shape index (κ3) is 3.68. The van der Waals surface area contributed by atoms with Crippen LogP contribution in [-0.2, 0) is 6.42 Å². The smallest absolute Gasteiger partial charge is 0.261 e. The zero-order valence-electron chi connectivity index (χ0n) is 9.87. The van der Waals surface area contributed by atoms with Crippen LogP contribution in [0.5, 0.6) is 0 Å². The summed E-state index contributed by atoms with van der Waals surface area (Å²) in [6.07, 6.45) is -0.0118. The Morgan fingerprint density at radius 3 is 2.67 bits per heavy atom. The zero-order valence-corrected chi connectivity index (χ0v) is 10.7. The molecule has 0 radical (unpaired) electrons. The molecule has 1 heterocycles. The Bertz CT molecular complexity index is 482. The van der Waals surface area contributed by atoms with E-state index < -0.39 is 6.10 Å². The Kier molecular flexibility index (Phi) is 4.50. The van der Waals surface area contributed by atoms with Gasteiger partial charge in [0.05, 0.1) is 11.0 Å². The summed E-state index contributed by atoms with van der Waals surface area (Å²) in [7, 11) is 0. The summed E-state index contributed by atoms with van der Waals surface area (Å²) in [5.74, 6) is -0.128. The van der Waals surface area contributed by atoms with Crippen molar-refractivity contribution in [3.05, 3.63) is 58.3 Å². The molecule has 3 nitrogen and oxygen atoms in total. The molecule has 0 bridgehead atoms. The van der Waals surface area contributed by atoms with Gasteiger partial charge in [-0.25, -0.2) is 0 Å². The third-order valence-corrected chi connectivity index (χ3v) is 3.43. The van der Waals surface area contributed by atoms with Gasteiger partial charge in [-0.3, -0.25) is 4.79 Å². The highest BCUT2D eigenvalue weighted by Crippen LogP contribution is 2.08. The standard InChI is InChI=1S/C14H15NO2S/c16-12(9-11-5-2-1-3-6-11)10-15-14(17)13-7-4-8-18-13/h1-8,12,16H,9-10H2,(H,15,17). The summed E-state index contributed by atoms with van der Waals surface area (Å²) >= 11 is 1.39. The van der Waals surface area contributed by atoms with E-state index in [9.17, 15) is 9.90 Å². The minimum absolute atomic E-state index is 0.128. The normalized spacial score (nSPS) is 12.1. The average molecular weight is 261 g/mol. The van der Waals surface area contributed by atoms with Gasteiger partial charge in [-0.15, -0.1) is 11.3 Å². The van der Waals surface area contributed by atoms with Crippen molar-refractivity contribution in [3.63, 3.8) is 0 Å². The van der Waals surface area contributed by atoms with Crippen LogP contribution in [0.25, 0.3) is 0 Å². The molecule has 2 N–H and O–H groups in total. The molecule has 4 heteroatoms. The maximum absolute atomic E-state index is 11.7. The number of hydrogen-bond acceptors (Lipinski definition) is 3. The summed E-state index contributed by atoms with van der Waals surface area (Å²) in [4.78, 5) is 12.3. The summed E-state index contributed by atoms with van der Waals surface area (Å²) in [6, 6.07) is 13.3. The van der Waals surface area contributed by atoms with Gasteiger partial charge in [0.1, 0.15) is 0 Å². The number of hydrogen-bond donors (Lipinski definition) is 2. The van der Waals surface area contributed by atoms with Crippen LogP contribution in [-0.4, -0.2) is 23.7 Å². The summed E-state index contributed by atoms with van der Waals surface area (Å²) in [5.41, 5.74) is 1.07. The molecule has 94 valence electrons. The monoisotopic (exact) mass is 261 g/mol. The summed E-state index contributed by atoms with van der Waals surface area (Å²) < 4.78 is 0. The third-order valence-electron chi connectivity index (χ3n) is 2.56. The van der Waals surface area contributed by atoms with E-state index in [1.807, 2.05) is 41.8 Å². The van der Waals surface area contributed by atoms with Crippen LogP contribution in [0.3, 0.4) is 0 Å². The molecule has 0 saturated carbocycles. The highest BCUT2D eigenvalue weighted by atomic mass is 32.1. The molecule has 2 rings (SSSR count). The number of carbonyl (C=O) groups is 1. The molecule has 0 aliphatic heterocycles. The molecular formula is C14H15NO2S. The molecule has 0 aliphatic carbocycles. The fourth-order valence-electron chi connectivity index (χ4n) is 1.66. The summed E-state index contributed by atoms with van der Waals surface area (Å²) in [5, 5.41) is 14.4. The number of benzene rings is 1. The van der Waals surface area contributed by atoms with Gasteiger partial charge in [0.25, 0.3) is 5.91 Å². The second-order valence-corrected chi connectivity index (χ2v) is 4.98. The second-order valence-electron chi connectivity index (χ2n) is 4.03. The van der Waals surface area contributed by atoms with Crippen molar-refractivity contribution in [1.29, 1.82) is 0 Å². The molecule has 0 spiro atoms. The molecule has 0 saturated heterocycles. The maximum Gasteiger partial charge on any atom is 0.261 e. The Labute approximate surface area is 110 Å². The van der Waals surface area contributed by atoms with Crippen molar-refractivity contribution in [2.75, 3.05) is 6.54 Å². The first-order valence-electron chi connectivity index (χ1n) is 5.79. The molecule has 1 aromatic carbocycles. The molecule has 1 atom stereocenters. The number of aliphatic hydroxyl groups is 1. The zero-order chi connectivity index (χ0) is 12.8. The van der Waals surface area contributed by atoms with Crippen LogP contribution < -0.4 is 5.32 Å². The summed E-state index contributed by atoms with van der Waals surface area (Å²) in [6.45, 7) is 0.269. The quantitative estimate of drug-likeness (QED) is 0.865. The van der Waals surface area contributed by atoms with Gasteiger partial charge in [0.2, 0.25) is 0 Å². The highest BCUT2D eigenvalue weighted by Gasteiger charge is 2.09. The molecular weight excluding hydrogens is 246 g/mol. The highest BCUT2D eigenvalue weighted by molar-refractivity contribution is 7.12. The first kappa shape index (κ1) is 12.8. The Hall–Kier alpha value is -1.65. The van der Waals surface area contributed by atoms with E-state index in [0.29, 0.717) is 11.3 Å². The molecule has 0 aliphatic rings. The van der Waals surface area contributed by atoms with Crippen LogP contribution in [0.15, 0.2) is 47.8 Å². The van der Waals surface area contributed by atoms with Crippen molar-refractivity contribution in [1.82, 2.24) is 5.32 Å². The number of nitrogens with one attached hydrogen (secondary N) is 1. The van der Waals surface area contributed by atoms with Gasteiger partial charge in [0.15, 0.2) is 0 Å². The number of thiophene rings is 1. The number of carbonyl (C=O) groups excluding carboxylic acids is 1. The van der Waals surface area contributed by atoms with Gasteiger partial charge >= 0.3 is 0 Å². The molecule has 1 aromatic heterocycles. The van der Waals surface area contributed by atoms with Crippen LogP contribution in [0.1, 0.15) is 15.2 Å². The van der Waals surface area contributed by atoms with Crippen molar-refractivity contribution in [2.24, 2.45) is 0 Å². The minimum Gasteiger partial charge on any atom is -0.391 e. The van der Waals surface area contributed by atoms with E-state index in [1.54, 1.807) is 6.07 Å². The molecule has 2 aromatic rings. The Morgan fingerprint density at radius 2 is 2.00 bits per heavy atom. The number of aliphatic hydroxyl groups excluding tert-OH is 1. The van der Waals surface area contributed by atoms with E-state index >= 15 is 0 Å². The number of amides is 1. The van der Waals surface area contributed by atoms with Crippen LogP contribution in [0, 0.1) is 0 Å². The van der Waals surface area contributed by atoms with E-state index in [1.165, 1.54) is 11.3 Å². The lowest BCUT2D eigenvalue weighted by Gasteiger charge is -2.11.